The lowest BCUT2D eigenvalue weighted by Gasteiger charge is -2.28. The first kappa shape index (κ1) is 15.3. The maximum absolute atomic E-state index is 4.30. The van der Waals surface area contributed by atoms with Crippen LogP contribution in [0.5, 0.6) is 0 Å². The fourth-order valence-electron chi connectivity index (χ4n) is 3.10. The van der Waals surface area contributed by atoms with Crippen LogP contribution in [0.25, 0.3) is 5.69 Å². The largest absolute Gasteiger partial charge is 0.302 e. The Labute approximate surface area is 133 Å². The molecule has 3 rings (SSSR count). The van der Waals surface area contributed by atoms with Crippen molar-refractivity contribution in [2.45, 2.75) is 25.8 Å². The summed E-state index contributed by atoms with van der Waals surface area (Å²) in [6, 6.07) is 10.6. The molecule has 1 aromatic heterocycles. The predicted octanol–water partition coefficient (Wildman–Crippen LogP) is 2.79. The smallest absolute Gasteiger partial charge is 0.0648 e. The Morgan fingerprint density at radius 1 is 1.14 bits per heavy atom. The van der Waals surface area contributed by atoms with Gasteiger partial charge in [-0.1, -0.05) is 18.6 Å². The highest BCUT2D eigenvalue weighted by atomic mass is 15.3. The molecule has 0 unspecified atom stereocenters. The normalized spacial score (nSPS) is 16.3. The molecule has 0 atom stereocenters. The van der Waals surface area contributed by atoms with Crippen LogP contribution in [0.1, 0.15) is 24.8 Å². The Morgan fingerprint density at radius 2 is 2.00 bits per heavy atom. The number of aromatic nitrogens is 2. The number of piperidine rings is 1. The van der Waals surface area contributed by atoms with Crippen molar-refractivity contribution in [2.24, 2.45) is 0 Å². The van der Waals surface area contributed by atoms with Gasteiger partial charge >= 0.3 is 0 Å². The van der Waals surface area contributed by atoms with Crippen molar-refractivity contribution < 1.29 is 0 Å². The summed E-state index contributed by atoms with van der Waals surface area (Å²) >= 11 is 0. The van der Waals surface area contributed by atoms with Crippen LogP contribution in [0, 0.1) is 0 Å². The molecule has 0 radical (unpaired) electrons. The number of hydrogen-bond acceptors (Lipinski definition) is 3. The topological polar surface area (TPSA) is 24.3 Å². The molecule has 1 aromatic carbocycles. The lowest BCUT2D eigenvalue weighted by molar-refractivity contribution is 0.194. The van der Waals surface area contributed by atoms with Crippen molar-refractivity contribution >= 4 is 0 Å². The molecule has 0 bridgehead atoms. The molecule has 0 spiro atoms. The third-order valence-corrected chi connectivity index (χ3v) is 4.38. The van der Waals surface area contributed by atoms with Crippen molar-refractivity contribution in [3.05, 3.63) is 48.3 Å². The number of benzene rings is 1. The number of nitrogens with zero attached hydrogens (tertiary/aromatic N) is 4. The third-order valence-electron chi connectivity index (χ3n) is 4.38. The van der Waals surface area contributed by atoms with Crippen LogP contribution in [-0.2, 0) is 6.54 Å². The lowest BCUT2D eigenvalue weighted by Crippen LogP contribution is -2.36. The second-order valence-corrected chi connectivity index (χ2v) is 6.26. The molecule has 0 saturated carbocycles. The van der Waals surface area contributed by atoms with Crippen molar-refractivity contribution in [1.29, 1.82) is 0 Å². The summed E-state index contributed by atoms with van der Waals surface area (Å²) in [6.07, 6.45) is 7.95. The summed E-state index contributed by atoms with van der Waals surface area (Å²) in [5, 5.41) is 4.30. The van der Waals surface area contributed by atoms with E-state index in [1.54, 1.807) is 0 Å². The third kappa shape index (κ3) is 4.18. The molecular formula is C18H26N4. The highest BCUT2D eigenvalue weighted by molar-refractivity contribution is 5.34. The van der Waals surface area contributed by atoms with Crippen molar-refractivity contribution in [1.82, 2.24) is 19.6 Å². The summed E-state index contributed by atoms with van der Waals surface area (Å²) in [5.74, 6) is 0. The fourth-order valence-corrected chi connectivity index (χ4v) is 3.10. The Kier molecular flexibility index (Phi) is 5.24. The number of likely N-dealkylation sites (tertiary alicyclic amines) is 1. The minimum absolute atomic E-state index is 0.989. The van der Waals surface area contributed by atoms with Gasteiger partial charge < -0.3 is 9.80 Å². The first-order chi connectivity index (χ1) is 10.8. The number of likely N-dealkylation sites (N-methyl/N-ethyl adjacent to an activating group) is 1. The van der Waals surface area contributed by atoms with Gasteiger partial charge in [-0.15, -0.1) is 0 Å². The van der Waals surface area contributed by atoms with E-state index in [4.69, 9.17) is 0 Å². The van der Waals surface area contributed by atoms with Crippen LogP contribution < -0.4 is 0 Å². The van der Waals surface area contributed by atoms with Gasteiger partial charge in [-0.25, -0.2) is 4.68 Å². The summed E-state index contributed by atoms with van der Waals surface area (Å²) in [6.45, 7) is 5.87. The standard InChI is InChI=1S/C18H26N4/c1-20(13-14-21-10-3-2-4-11-21)16-17-7-5-8-18(15-17)22-12-6-9-19-22/h5-9,12,15H,2-4,10-11,13-14,16H2,1H3. The van der Waals surface area contributed by atoms with Gasteiger partial charge in [0, 0.05) is 32.0 Å². The summed E-state index contributed by atoms with van der Waals surface area (Å²) in [4.78, 5) is 5.01. The summed E-state index contributed by atoms with van der Waals surface area (Å²) < 4.78 is 1.91. The van der Waals surface area contributed by atoms with Crippen LogP contribution in [0.4, 0.5) is 0 Å². The minimum Gasteiger partial charge on any atom is -0.302 e. The molecule has 1 aliphatic rings. The average molecular weight is 298 g/mol. The highest BCUT2D eigenvalue weighted by Gasteiger charge is 2.10. The molecule has 118 valence electrons. The minimum atomic E-state index is 0.989. The second-order valence-electron chi connectivity index (χ2n) is 6.26. The van der Waals surface area contributed by atoms with E-state index in [2.05, 4.69) is 46.2 Å². The van der Waals surface area contributed by atoms with Gasteiger partial charge in [0.05, 0.1) is 5.69 Å². The van der Waals surface area contributed by atoms with E-state index in [1.807, 2.05) is 23.1 Å². The van der Waals surface area contributed by atoms with E-state index in [1.165, 1.54) is 44.5 Å². The zero-order chi connectivity index (χ0) is 15.2. The molecule has 0 amide bonds. The van der Waals surface area contributed by atoms with Gasteiger partial charge in [0.15, 0.2) is 0 Å². The van der Waals surface area contributed by atoms with Gasteiger partial charge in [-0.2, -0.15) is 5.10 Å². The summed E-state index contributed by atoms with van der Waals surface area (Å²) in [5.41, 5.74) is 2.47. The SMILES string of the molecule is CN(CCN1CCCCC1)Cc1cccc(-n2cccn2)c1. The molecule has 22 heavy (non-hydrogen) atoms. The van der Waals surface area contributed by atoms with E-state index in [0.29, 0.717) is 0 Å². The molecule has 1 fully saturated rings. The van der Waals surface area contributed by atoms with Crippen LogP contribution >= 0.6 is 0 Å². The lowest BCUT2D eigenvalue weighted by atomic mass is 10.1. The average Bonchev–Trinajstić information content (AvgIpc) is 3.09. The molecule has 1 aliphatic heterocycles. The monoisotopic (exact) mass is 298 g/mol. The molecule has 0 N–H and O–H groups in total. The zero-order valence-corrected chi connectivity index (χ0v) is 13.5. The Hall–Kier alpha value is -1.65. The highest BCUT2D eigenvalue weighted by Crippen LogP contribution is 2.12. The molecule has 4 nitrogen and oxygen atoms in total. The van der Waals surface area contributed by atoms with E-state index in [9.17, 15) is 0 Å². The zero-order valence-electron chi connectivity index (χ0n) is 13.5. The van der Waals surface area contributed by atoms with Gasteiger partial charge in [0.2, 0.25) is 0 Å². The Morgan fingerprint density at radius 3 is 2.77 bits per heavy atom. The molecule has 4 heteroatoms. The van der Waals surface area contributed by atoms with Gasteiger partial charge in [-0.3, -0.25) is 0 Å². The molecule has 1 saturated heterocycles. The first-order valence-corrected chi connectivity index (χ1v) is 8.31. The maximum atomic E-state index is 4.30. The van der Waals surface area contributed by atoms with Crippen molar-refractivity contribution in [3.63, 3.8) is 0 Å². The molecular weight excluding hydrogens is 272 g/mol. The molecule has 2 aromatic rings. The van der Waals surface area contributed by atoms with Gasteiger partial charge in [-0.05, 0) is 56.7 Å². The van der Waals surface area contributed by atoms with Crippen molar-refractivity contribution in [2.75, 3.05) is 33.2 Å². The number of rotatable bonds is 6. The molecule has 0 aliphatic carbocycles. The van der Waals surface area contributed by atoms with E-state index in [0.717, 1.165) is 18.8 Å². The molecule has 2 heterocycles. The number of hydrogen-bond donors (Lipinski definition) is 0. The van der Waals surface area contributed by atoms with Crippen LogP contribution in [-0.4, -0.2) is 52.8 Å². The van der Waals surface area contributed by atoms with Gasteiger partial charge in [0.1, 0.15) is 0 Å². The maximum Gasteiger partial charge on any atom is 0.0648 e. The van der Waals surface area contributed by atoms with Gasteiger partial charge in [0.25, 0.3) is 0 Å². The first-order valence-electron chi connectivity index (χ1n) is 8.31. The van der Waals surface area contributed by atoms with Crippen LogP contribution in [0.3, 0.4) is 0 Å². The van der Waals surface area contributed by atoms with E-state index >= 15 is 0 Å². The summed E-state index contributed by atoms with van der Waals surface area (Å²) in [7, 11) is 2.21. The van der Waals surface area contributed by atoms with Crippen molar-refractivity contribution in [3.8, 4) is 5.69 Å². The fraction of sp³-hybridized carbons (Fsp3) is 0.500. The van der Waals surface area contributed by atoms with Crippen LogP contribution in [0.15, 0.2) is 42.7 Å². The van der Waals surface area contributed by atoms with Crippen LogP contribution in [0.2, 0.25) is 0 Å². The van der Waals surface area contributed by atoms with E-state index < -0.39 is 0 Å². The quantitative estimate of drug-likeness (QED) is 0.819. The van der Waals surface area contributed by atoms with E-state index in [-0.39, 0.29) is 0 Å². The Bertz CT molecular complexity index is 558. The predicted molar refractivity (Wildman–Crippen MR) is 90.2 cm³/mol. The second kappa shape index (κ2) is 7.56. The Balaban J connectivity index is 1.52.